The number of imidazole rings is 1. The van der Waals surface area contributed by atoms with Gasteiger partial charge in [0.25, 0.3) is 0 Å². The highest BCUT2D eigenvalue weighted by Crippen LogP contribution is 2.11. The Morgan fingerprint density at radius 2 is 1.95 bits per heavy atom. The largest absolute Gasteiger partial charge is 0.307 e. The molecule has 0 atom stereocenters. The predicted molar refractivity (Wildman–Crippen MR) is 77.6 cm³/mol. The van der Waals surface area contributed by atoms with E-state index < -0.39 is 11.6 Å². The number of fused-ring (bicyclic) bond motifs is 1. The van der Waals surface area contributed by atoms with Crippen LogP contribution >= 0.6 is 15.9 Å². The van der Waals surface area contributed by atoms with Gasteiger partial charge in [0.05, 0.1) is 18.1 Å². The van der Waals surface area contributed by atoms with Crippen molar-refractivity contribution in [1.29, 1.82) is 0 Å². The standard InChI is InChI=1S/C14H11BrF2N4/c15-13-8-21-10(6-20-14(21)7-19-13)5-18-4-9-1-2-11(16)12(17)3-9/h1-3,6-8,18H,4-5H2. The maximum Gasteiger partial charge on any atom is 0.159 e. The lowest BCUT2D eigenvalue weighted by Crippen LogP contribution is -2.14. The smallest absolute Gasteiger partial charge is 0.159 e. The Hall–Kier alpha value is -1.86. The minimum absolute atomic E-state index is 0.441. The van der Waals surface area contributed by atoms with Crippen LogP contribution in [0.4, 0.5) is 8.78 Å². The molecule has 0 unspecified atom stereocenters. The lowest BCUT2D eigenvalue weighted by molar-refractivity contribution is 0.506. The molecule has 2 heterocycles. The number of hydrogen-bond donors (Lipinski definition) is 1. The van der Waals surface area contributed by atoms with Gasteiger partial charge in [0, 0.05) is 19.3 Å². The molecular formula is C14H11BrF2N4. The molecule has 0 fully saturated rings. The van der Waals surface area contributed by atoms with Crippen LogP contribution in [0.25, 0.3) is 5.65 Å². The Morgan fingerprint density at radius 1 is 1.10 bits per heavy atom. The van der Waals surface area contributed by atoms with Gasteiger partial charge in [-0.05, 0) is 33.6 Å². The van der Waals surface area contributed by atoms with E-state index >= 15 is 0 Å². The highest BCUT2D eigenvalue weighted by Gasteiger charge is 2.05. The first-order chi connectivity index (χ1) is 10.1. The fourth-order valence-electron chi connectivity index (χ4n) is 2.03. The van der Waals surface area contributed by atoms with E-state index in [9.17, 15) is 8.78 Å². The summed E-state index contributed by atoms with van der Waals surface area (Å²) in [6, 6.07) is 3.88. The molecule has 0 saturated carbocycles. The molecule has 1 aromatic carbocycles. The summed E-state index contributed by atoms with van der Waals surface area (Å²) >= 11 is 3.31. The minimum atomic E-state index is -0.835. The molecule has 3 rings (SSSR count). The van der Waals surface area contributed by atoms with E-state index in [0.717, 1.165) is 22.0 Å². The van der Waals surface area contributed by atoms with E-state index in [2.05, 4.69) is 31.2 Å². The van der Waals surface area contributed by atoms with Crippen molar-refractivity contribution in [3.8, 4) is 0 Å². The summed E-state index contributed by atoms with van der Waals surface area (Å²) in [5.74, 6) is -1.67. The third kappa shape index (κ3) is 3.08. The van der Waals surface area contributed by atoms with Crippen molar-refractivity contribution in [3.05, 3.63) is 64.3 Å². The van der Waals surface area contributed by atoms with Gasteiger partial charge in [-0.2, -0.15) is 0 Å². The molecule has 0 bridgehead atoms. The summed E-state index contributed by atoms with van der Waals surface area (Å²) in [5.41, 5.74) is 2.39. The lowest BCUT2D eigenvalue weighted by Gasteiger charge is -2.06. The third-order valence-corrected chi connectivity index (χ3v) is 3.47. The summed E-state index contributed by atoms with van der Waals surface area (Å²) in [4.78, 5) is 8.34. The summed E-state index contributed by atoms with van der Waals surface area (Å²) in [5, 5.41) is 3.18. The normalized spacial score (nSPS) is 11.2. The fraction of sp³-hybridized carbons (Fsp3) is 0.143. The van der Waals surface area contributed by atoms with Crippen molar-refractivity contribution < 1.29 is 8.78 Å². The Bertz CT molecular complexity index is 788. The average molecular weight is 353 g/mol. The molecule has 0 aliphatic heterocycles. The van der Waals surface area contributed by atoms with E-state index in [1.165, 1.54) is 6.07 Å². The fourth-order valence-corrected chi connectivity index (χ4v) is 2.34. The van der Waals surface area contributed by atoms with Crippen LogP contribution < -0.4 is 5.32 Å². The van der Waals surface area contributed by atoms with Crippen LogP contribution in [-0.4, -0.2) is 14.4 Å². The lowest BCUT2D eigenvalue weighted by atomic mass is 10.2. The molecule has 21 heavy (non-hydrogen) atoms. The minimum Gasteiger partial charge on any atom is -0.307 e. The number of benzene rings is 1. The Labute approximate surface area is 128 Å². The Balaban J connectivity index is 1.69. The number of nitrogens with zero attached hydrogens (tertiary/aromatic N) is 3. The maximum absolute atomic E-state index is 13.1. The van der Waals surface area contributed by atoms with Gasteiger partial charge in [-0.1, -0.05) is 6.07 Å². The van der Waals surface area contributed by atoms with Gasteiger partial charge in [0.15, 0.2) is 17.3 Å². The number of halogens is 3. The summed E-state index contributed by atoms with van der Waals surface area (Å²) in [7, 11) is 0. The topological polar surface area (TPSA) is 42.2 Å². The van der Waals surface area contributed by atoms with Gasteiger partial charge in [-0.25, -0.2) is 18.7 Å². The third-order valence-electron chi connectivity index (χ3n) is 3.06. The molecule has 0 spiro atoms. The molecule has 7 heteroatoms. The molecule has 4 nitrogen and oxygen atoms in total. The molecule has 0 saturated heterocycles. The van der Waals surface area contributed by atoms with Crippen LogP contribution in [0.1, 0.15) is 11.3 Å². The van der Waals surface area contributed by atoms with Gasteiger partial charge >= 0.3 is 0 Å². The molecule has 1 N–H and O–H groups in total. The first kappa shape index (κ1) is 14.1. The number of nitrogens with one attached hydrogen (secondary N) is 1. The van der Waals surface area contributed by atoms with E-state index in [1.54, 1.807) is 18.5 Å². The van der Waals surface area contributed by atoms with E-state index in [4.69, 9.17) is 0 Å². The summed E-state index contributed by atoms with van der Waals surface area (Å²) in [6.45, 7) is 0.993. The number of aromatic nitrogens is 3. The summed E-state index contributed by atoms with van der Waals surface area (Å²) in [6.07, 6.45) is 5.25. The quantitative estimate of drug-likeness (QED) is 0.784. The molecule has 0 aliphatic carbocycles. The zero-order valence-corrected chi connectivity index (χ0v) is 12.4. The second kappa shape index (κ2) is 5.87. The first-order valence-corrected chi connectivity index (χ1v) is 7.05. The van der Waals surface area contributed by atoms with Crippen LogP contribution in [0.3, 0.4) is 0 Å². The molecule has 0 aliphatic rings. The van der Waals surface area contributed by atoms with Crippen LogP contribution in [0.5, 0.6) is 0 Å². The SMILES string of the molecule is Fc1ccc(CNCc2cnc3cnc(Br)cn23)cc1F. The van der Waals surface area contributed by atoms with Crippen molar-refractivity contribution in [2.75, 3.05) is 0 Å². The summed E-state index contributed by atoms with van der Waals surface area (Å²) < 4.78 is 28.6. The second-order valence-electron chi connectivity index (χ2n) is 4.54. The van der Waals surface area contributed by atoms with Crippen molar-refractivity contribution in [3.63, 3.8) is 0 Å². The van der Waals surface area contributed by atoms with Crippen LogP contribution in [0.15, 0.2) is 41.4 Å². The van der Waals surface area contributed by atoms with Crippen molar-refractivity contribution in [1.82, 2.24) is 19.7 Å². The monoisotopic (exact) mass is 352 g/mol. The zero-order valence-electron chi connectivity index (χ0n) is 10.9. The molecule has 3 aromatic rings. The predicted octanol–water partition coefficient (Wildman–Crippen LogP) is 3.06. The first-order valence-electron chi connectivity index (χ1n) is 6.25. The van der Waals surface area contributed by atoms with E-state index in [-0.39, 0.29) is 0 Å². The zero-order chi connectivity index (χ0) is 14.8. The molecule has 2 aromatic heterocycles. The van der Waals surface area contributed by atoms with Crippen molar-refractivity contribution >= 4 is 21.6 Å². The maximum atomic E-state index is 13.1. The van der Waals surface area contributed by atoms with Crippen LogP contribution in [-0.2, 0) is 13.1 Å². The Morgan fingerprint density at radius 3 is 2.76 bits per heavy atom. The number of rotatable bonds is 4. The Kier molecular flexibility index (Phi) is 3.94. The molecule has 0 amide bonds. The van der Waals surface area contributed by atoms with Gasteiger partial charge in [-0.3, -0.25) is 4.40 Å². The van der Waals surface area contributed by atoms with E-state index in [1.807, 2.05) is 10.6 Å². The van der Waals surface area contributed by atoms with Crippen molar-refractivity contribution in [2.45, 2.75) is 13.1 Å². The highest BCUT2D eigenvalue weighted by atomic mass is 79.9. The molecular weight excluding hydrogens is 342 g/mol. The number of hydrogen-bond acceptors (Lipinski definition) is 3. The molecule has 0 radical (unpaired) electrons. The van der Waals surface area contributed by atoms with Crippen LogP contribution in [0, 0.1) is 11.6 Å². The van der Waals surface area contributed by atoms with Crippen molar-refractivity contribution in [2.24, 2.45) is 0 Å². The average Bonchev–Trinajstić information content (AvgIpc) is 2.85. The van der Waals surface area contributed by atoms with Gasteiger partial charge in [0.1, 0.15) is 4.60 Å². The van der Waals surface area contributed by atoms with Gasteiger partial charge in [0.2, 0.25) is 0 Å². The van der Waals surface area contributed by atoms with Gasteiger partial charge in [-0.15, -0.1) is 0 Å². The van der Waals surface area contributed by atoms with Crippen LogP contribution in [0.2, 0.25) is 0 Å². The second-order valence-corrected chi connectivity index (χ2v) is 5.35. The highest BCUT2D eigenvalue weighted by molar-refractivity contribution is 9.10. The van der Waals surface area contributed by atoms with E-state index in [0.29, 0.717) is 18.7 Å². The van der Waals surface area contributed by atoms with Gasteiger partial charge < -0.3 is 5.32 Å². The molecule has 108 valence electrons.